The van der Waals surface area contributed by atoms with E-state index in [1.54, 1.807) is 12.3 Å². The average molecular weight is 345 g/mol. The Morgan fingerprint density at radius 2 is 2.25 bits per heavy atom. The molecule has 0 radical (unpaired) electrons. The predicted molar refractivity (Wildman–Crippen MR) is 78.4 cm³/mol. The zero-order valence-electron chi connectivity index (χ0n) is 11.1. The lowest BCUT2D eigenvalue weighted by atomic mass is 10.2. The van der Waals surface area contributed by atoms with Gasteiger partial charge in [-0.2, -0.15) is 0 Å². The molecule has 2 amide bonds. The van der Waals surface area contributed by atoms with Crippen molar-refractivity contribution in [3.05, 3.63) is 22.3 Å². The summed E-state index contributed by atoms with van der Waals surface area (Å²) in [5.74, 6) is -0.286. The van der Waals surface area contributed by atoms with Crippen molar-refractivity contribution in [1.82, 2.24) is 10.3 Å². The number of anilines is 1. The number of halogens is 1. The quantitative estimate of drug-likeness (QED) is 0.595. The Balaban J connectivity index is 2.53. The van der Waals surface area contributed by atoms with Gasteiger partial charge in [0.1, 0.15) is 12.4 Å². The van der Waals surface area contributed by atoms with Crippen LogP contribution in [0.4, 0.5) is 5.82 Å². The van der Waals surface area contributed by atoms with Crippen molar-refractivity contribution in [1.29, 1.82) is 0 Å². The fourth-order valence-corrected chi connectivity index (χ4v) is 1.76. The predicted octanol–water partition coefficient (Wildman–Crippen LogP) is 0.508. The maximum absolute atomic E-state index is 12.0. The van der Waals surface area contributed by atoms with E-state index >= 15 is 0 Å². The van der Waals surface area contributed by atoms with Crippen molar-refractivity contribution in [2.75, 3.05) is 31.6 Å². The van der Waals surface area contributed by atoms with Gasteiger partial charge in [0.25, 0.3) is 5.91 Å². The maximum Gasteiger partial charge on any atom is 0.255 e. The number of aromatic nitrogens is 1. The van der Waals surface area contributed by atoms with E-state index in [0.29, 0.717) is 22.4 Å². The molecule has 0 saturated heterocycles. The standard InChI is InChI=1S/C12H17BrN4O3/c1-2-15-11-9(5-8(13)6-17-11)12(19)16-3-4-20-7-10(14)18/h5-6H,2-4,7H2,1H3,(H2,14,18)(H,15,17)(H,16,19). The third-order valence-corrected chi connectivity index (χ3v) is 2.65. The van der Waals surface area contributed by atoms with Crippen LogP contribution in [0, 0.1) is 0 Å². The second-order valence-electron chi connectivity index (χ2n) is 3.85. The molecular weight excluding hydrogens is 328 g/mol. The van der Waals surface area contributed by atoms with Crippen molar-refractivity contribution in [2.45, 2.75) is 6.92 Å². The zero-order chi connectivity index (χ0) is 15.0. The number of hydrogen-bond acceptors (Lipinski definition) is 5. The van der Waals surface area contributed by atoms with Crippen LogP contribution >= 0.6 is 15.9 Å². The molecule has 20 heavy (non-hydrogen) atoms. The molecule has 1 heterocycles. The first-order valence-corrected chi connectivity index (χ1v) is 6.87. The summed E-state index contributed by atoms with van der Waals surface area (Å²) in [4.78, 5) is 26.6. The smallest absolute Gasteiger partial charge is 0.255 e. The molecule has 1 rings (SSSR count). The minimum Gasteiger partial charge on any atom is -0.370 e. The molecule has 0 spiro atoms. The fourth-order valence-electron chi connectivity index (χ4n) is 1.43. The zero-order valence-corrected chi connectivity index (χ0v) is 12.7. The van der Waals surface area contributed by atoms with Crippen LogP contribution in [0.5, 0.6) is 0 Å². The Bertz CT molecular complexity index is 482. The van der Waals surface area contributed by atoms with Crippen LogP contribution in [-0.4, -0.2) is 43.1 Å². The third kappa shape index (κ3) is 5.54. The van der Waals surface area contributed by atoms with Crippen LogP contribution < -0.4 is 16.4 Å². The number of nitrogens with one attached hydrogen (secondary N) is 2. The fraction of sp³-hybridized carbons (Fsp3) is 0.417. The molecule has 0 saturated carbocycles. The molecule has 0 atom stereocenters. The molecule has 1 aromatic rings. The molecule has 0 aliphatic carbocycles. The maximum atomic E-state index is 12.0. The SMILES string of the molecule is CCNc1ncc(Br)cc1C(=O)NCCOCC(N)=O. The van der Waals surface area contributed by atoms with Gasteiger partial charge in [-0.15, -0.1) is 0 Å². The topological polar surface area (TPSA) is 106 Å². The summed E-state index contributed by atoms with van der Waals surface area (Å²) in [6.07, 6.45) is 1.62. The second-order valence-corrected chi connectivity index (χ2v) is 4.77. The van der Waals surface area contributed by atoms with Gasteiger partial charge in [-0.1, -0.05) is 0 Å². The van der Waals surface area contributed by atoms with Gasteiger partial charge < -0.3 is 21.1 Å². The first-order chi connectivity index (χ1) is 9.54. The minimum absolute atomic E-state index is 0.156. The van der Waals surface area contributed by atoms with Crippen LogP contribution in [-0.2, 0) is 9.53 Å². The van der Waals surface area contributed by atoms with Crippen LogP contribution in [0.1, 0.15) is 17.3 Å². The molecule has 0 fully saturated rings. The third-order valence-electron chi connectivity index (χ3n) is 2.22. The molecule has 110 valence electrons. The molecule has 0 aliphatic heterocycles. The van der Waals surface area contributed by atoms with Gasteiger partial charge in [0.05, 0.1) is 12.2 Å². The van der Waals surface area contributed by atoms with Crippen LogP contribution in [0.3, 0.4) is 0 Å². The Hall–Kier alpha value is -1.67. The lowest BCUT2D eigenvalue weighted by Gasteiger charge is -2.10. The Labute approximate surface area is 125 Å². The number of rotatable bonds is 8. The number of hydrogen-bond donors (Lipinski definition) is 3. The van der Waals surface area contributed by atoms with E-state index in [1.165, 1.54) is 0 Å². The summed E-state index contributed by atoms with van der Waals surface area (Å²) in [6, 6.07) is 1.69. The normalized spacial score (nSPS) is 10.1. The number of primary amides is 1. The second kappa shape index (κ2) is 8.49. The van der Waals surface area contributed by atoms with E-state index in [0.717, 1.165) is 0 Å². The largest absolute Gasteiger partial charge is 0.370 e. The molecular formula is C12H17BrN4O3. The Morgan fingerprint density at radius 3 is 2.90 bits per heavy atom. The van der Waals surface area contributed by atoms with Crippen molar-refractivity contribution < 1.29 is 14.3 Å². The van der Waals surface area contributed by atoms with Crippen molar-refractivity contribution in [2.24, 2.45) is 5.73 Å². The highest BCUT2D eigenvalue weighted by molar-refractivity contribution is 9.10. The number of pyridine rings is 1. The summed E-state index contributed by atoms with van der Waals surface area (Å²) >= 11 is 3.28. The molecule has 7 nitrogen and oxygen atoms in total. The highest BCUT2D eigenvalue weighted by Crippen LogP contribution is 2.17. The van der Waals surface area contributed by atoms with Gasteiger partial charge >= 0.3 is 0 Å². The molecule has 1 aromatic heterocycles. The summed E-state index contributed by atoms with van der Waals surface area (Å²) in [6.45, 7) is 2.92. The lowest BCUT2D eigenvalue weighted by Crippen LogP contribution is -2.29. The van der Waals surface area contributed by atoms with Crippen molar-refractivity contribution >= 4 is 33.6 Å². The molecule has 0 unspecified atom stereocenters. The number of ether oxygens (including phenoxy) is 1. The van der Waals surface area contributed by atoms with E-state index in [4.69, 9.17) is 10.5 Å². The van der Waals surface area contributed by atoms with Gasteiger partial charge in [0.2, 0.25) is 5.91 Å². The first-order valence-electron chi connectivity index (χ1n) is 6.08. The number of amides is 2. The Morgan fingerprint density at radius 1 is 1.50 bits per heavy atom. The van der Waals surface area contributed by atoms with Gasteiger partial charge in [-0.3, -0.25) is 9.59 Å². The van der Waals surface area contributed by atoms with Gasteiger partial charge in [-0.25, -0.2) is 4.98 Å². The first kappa shape index (κ1) is 16.4. The van der Waals surface area contributed by atoms with E-state index in [9.17, 15) is 9.59 Å². The number of nitrogens with two attached hydrogens (primary N) is 1. The Kier molecular flexibility index (Phi) is 6.96. The summed E-state index contributed by atoms with van der Waals surface area (Å²) in [5, 5.41) is 5.70. The number of carbonyl (C=O) groups excluding carboxylic acids is 2. The monoisotopic (exact) mass is 344 g/mol. The van der Waals surface area contributed by atoms with Crippen molar-refractivity contribution in [3.63, 3.8) is 0 Å². The molecule has 4 N–H and O–H groups in total. The van der Waals surface area contributed by atoms with Gasteiger partial charge in [0.15, 0.2) is 0 Å². The van der Waals surface area contributed by atoms with E-state index in [2.05, 4.69) is 31.5 Å². The van der Waals surface area contributed by atoms with Crippen LogP contribution in [0.15, 0.2) is 16.7 Å². The lowest BCUT2D eigenvalue weighted by molar-refractivity contribution is -0.122. The molecule has 0 aromatic carbocycles. The molecule has 0 bridgehead atoms. The van der Waals surface area contributed by atoms with E-state index < -0.39 is 5.91 Å². The van der Waals surface area contributed by atoms with Gasteiger partial charge in [0, 0.05) is 23.8 Å². The number of carbonyl (C=O) groups is 2. The molecule has 8 heteroatoms. The van der Waals surface area contributed by atoms with E-state index in [-0.39, 0.29) is 25.7 Å². The van der Waals surface area contributed by atoms with Gasteiger partial charge in [-0.05, 0) is 28.9 Å². The number of nitrogens with zero attached hydrogens (tertiary/aromatic N) is 1. The summed E-state index contributed by atoms with van der Waals surface area (Å²) in [7, 11) is 0. The average Bonchev–Trinajstić information content (AvgIpc) is 2.40. The van der Waals surface area contributed by atoms with Crippen molar-refractivity contribution in [3.8, 4) is 0 Å². The summed E-state index contributed by atoms with van der Waals surface area (Å²) < 4.78 is 5.67. The van der Waals surface area contributed by atoms with Crippen LogP contribution in [0.25, 0.3) is 0 Å². The highest BCUT2D eigenvalue weighted by atomic mass is 79.9. The van der Waals surface area contributed by atoms with E-state index in [1.807, 2.05) is 6.92 Å². The highest BCUT2D eigenvalue weighted by Gasteiger charge is 2.12. The molecule has 0 aliphatic rings. The van der Waals surface area contributed by atoms with Crippen LogP contribution in [0.2, 0.25) is 0 Å². The minimum atomic E-state index is -0.540. The summed E-state index contributed by atoms with van der Waals surface area (Å²) in [5.41, 5.74) is 5.36.